The maximum absolute atomic E-state index is 12.1. The summed E-state index contributed by atoms with van der Waals surface area (Å²) >= 11 is 0. The second kappa shape index (κ2) is 4.85. The summed E-state index contributed by atoms with van der Waals surface area (Å²) in [6.07, 6.45) is 5.06. The van der Waals surface area contributed by atoms with Crippen molar-refractivity contribution in [2.75, 3.05) is 25.4 Å². The SMILES string of the molecule is CC1=CCCN(S(=O)(=O)CC2CCCN2)C1. The van der Waals surface area contributed by atoms with E-state index in [4.69, 9.17) is 0 Å². The lowest BCUT2D eigenvalue weighted by atomic mass is 10.2. The van der Waals surface area contributed by atoms with E-state index in [0.29, 0.717) is 13.1 Å². The lowest BCUT2D eigenvalue weighted by Gasteiger charge is -2.26. The van der Waals surface area contributed by atoms with Crippen molar-refractivity contribution in [1.29, 1.82) is 0 Å². The normalized spacial score (nSPS) is 28.1. The van der Waals surface area contributed by atoms with Crippen LogP contribution in [0.4, 0.5) is 0 Å². The molecule has 0 aromatic rings. The highest BCUT2D eigenvalue weighted by atomic mass is 32.2. The summed E-state index contributed by atoms with van der Waals surface area (Å²) in [5.74, 6) is 0.264. The molecule has 2 heterocycles. The summed E-state index contributed by atoms with van der Waals surface area (Å²) in [6, 6.07) is 0.163. The molecule has 4 nitrogen and oxygen atoms in total. The second-order valence-corrected chi connectivity index (χ2v) is 6.76. The highest BCUT2D eigenvalue weighted by Crippen LogP contribution is 2.16. The van der Waals surface area contributed by atoms with Gasteiger partial charge >= 0.3 is 0 Å². The van der Waals surface area contributed by atoms with Crippen LogP contribution >= 0.6 is 0 Å². The van der Waals surface area contributed by atoms with E-state index in [0.717, 1.165) is 31.4 Å². The summed E-state index contributed by atoms with van der Waals surface area (Å²) in [4.78, 5) is 0. The van der Waals surface area contributed by atoms with Gasteiger partial charge in [-0.15, -0.1) is 0 Å². The van der Waals surface area contributed by atoms with Gasteiger partial charge in [0.2, 0.25) is 10.0 Å². The van der Waals surface area contributed by atoms with Crippen molar-refractivity contribution in [3.05, 3.63) is 11.6 Å². The Morgan fingerprint density at radius 2 is 2.38 bits per heavy atom. The zero-order chi connectivity index (χ0) is 11.6. The van der Waals surface area contributed by atoms with Crippen LogP contribution in [-0.2, 0) is 10.0 Å². The molecular formula is C11H20N2O2S. The topological polar surface area (TPSA) is 49.4 Å². The third-order valence-corrected chi connectivity index (χ3v) is 5.19. The van der Waals surface area contributed by atoms with Gasteiger partial charge in [-0.3, -0.25) is 0 Å². The van der Waals surface area contributed by atoms with Crippen LogP contribution in [0.2, 0.25) is 0 Å². The highest BCUT2D eigenvalue weighted by Gasteiger charge is 2.28. The summed E-state index contributed by atoms with van der Waals surface area (Å²) < 4.78 is 25.9. The Morgan fingerprint density at radius 3 is 3.00 bits per heavy atom. The van der Waals surface area contributed by atoms with Gasteiger partial charge in [0.15, 0.2) is 0 Å². The Labute approximate surface area is 97.8 Å². The molecule has 0 aliphatic carbocycles. The first-order valence-electron chi connectivity index (χ1n) is 5.95. The summed E-state index contributed by atoms with van der Waals surface area (Å²) in [6.45, 7) is 4.18. The molecule has 1 fully saturated rings. The Balaban J connectivity index is 1.98. The fraction of sp³-hybridized carbons (Fsp3) is 0.818. The minimum Gasteiger partial charge on any atom is -0.313 e. The molecule has 0 saturated carbocycles. The van der Waals surface area contributed by atoms with E-state index in [-0.39, 0.29) is 11.8 Å². The van der Waals surface area contributed by atoms with Crippen LogP contribution in [0, 0.1) is 0 Å². The fourth-order valence-corrected chi connectivity index (χ4v) is 4.16. The molecule has 5 heteroatoms. The molecule has 1 atom stereocenters. The Hall–Kier alpha value is -0.390. The van der Waals surface area contributed by atoms with E-state index in [1.54, 1.807) is 4.31 Å². The lowest BCUT2D eigenvalue weighted by molar-refractivity contribution is 0.423. The number of hydrogen-bond donors (Lipinski definition) is 1. The quantitative estimate of drug-likeness (QED) is 0.744. The van der Waals surface area contributed by atoms with Gasteiger partial charge in [0, 0.05) is 19.1 Å². The van der Waals surface area contributed by atoms with E-state index in [2.05, 4.69) is 11.4 Å². The average molecular weight is 244 g/mol. The minimum atomic E-state index is -3.07. The van der Waals surface area contributed by atoms with Crippen LogP contribution in [0.15, 0.2) is 11.6 Å². The summed E-state index contributed by atoms with van der Waals surface area (Å²) in [7, 11) is -3.07. The van der Waals surface area contributed by atoms with Crippen LogP contribution in [0.25, 0.3) is 0 Å². The zero-order valence-corrected chi connectivity index (χ0v) is 10.6. The maximum atomic E-state index is 12.1. The van der Waals surface area contributed by atoms with Gasteiger partial charge in [0.05, 0.1) is 5.75 Å². The second-order valence-electron chi connectivity index (χ2n) is 4.74. The van der Waals surface area contributed by atoms with E-state index in [1.165, 1.54) is 0 Å². The number of nitrogens with zero attached hydrogens (tertiary/aromatic N) is 1. The van der Waals surface area contributed by atoms with Gasteiger partial charge in [-0.2, -0.15) is 4.31 Å². The first kappa shape index (κ1) is 12.1. The number of sulfonamides is 1. The van der Waals surface area contributed by atoms with Gasteiger partial charge in [0.1, 0.15) is 0 Å². The number of hydrogen-bond acceptors (Lipinski definition) is 3. The van der Waals surface area contributed by atoms with Crippen molar-refractivity contribution in [2.45, 2.75) is 32.2 Å². The van der Waals surface area contributed by atoms with Crippen molar-refractivity contribution in [2.24, 2.45) is 0 Å². The van der Waals surface area contributed by atoms with Gasteiger partial charge in [-0.1, -0.05) is 11.6 Å². The molecule has 0 bridgehead atoms. The van der Waals surface area contributed by atoms with E-state index in [1.807, 2.05) is 6.92 Å². The first-order valence-corrected chi connectivity index (χ1v) is 7.56. The van der Waals surface area contributed by atoms with Crippen LogP contribution in [0.5, 0.6) is 0 Å². The molecule has 2 aliphatic rings. The van der Waals surface area contributed by atoms with E-state index >= 15 is 0 Å². The van der Waals surface area contributed by atoms with E-state index < -0.39 is 10.0 Å². The van der Waals surface area contributed by atoms with Crippen molar-refractivity contribution in [1.82, 2.24) is 9.62 Å². The third-order valence-electron chi connectivity index (χ3n) is 3.26. The molecule has 2 aliphatic heterocycles. The first-order chi connectivity index (χ1) is 7.58. The van der Waals surface area contributed by atoms with Crippen LogP contribution < -0.4 is 5.32 Å². The smallest absolute Gasteiger partial charge is 0.215 e. The van der Waals surface area contributed by atoms with Crippen LogP contribution in [0.1, 0.15) is 26.2 Å². The number of rotatable bonds is 3. The average Bonchev–Trinajstić information content (AvgIpc) is 2.70. The molecule has 0 spiro atoms. The minimum absolute atomic E-state index is 0.163. The standard InChI is InChI=1S/C11H20N2O2S/c1-10-4-3-7-13(8-10)16(14,15)9-11-5-2-6-12-11/h4,11-12H,2-3,5-9H2,1H3. The van der Waals surface area contributed by atoms with Crippen LogP contribution in [-0.4, -0.2) is 44.2 Å². The molecule has 92 valence electrons. The summed E-state index contributed by atoms with van der Waals surface area (Å²) in [5, 5.41) is 3.24. The van der Waals surface area contributed by atoms with Gasteiger partial charge in [-0.05, 0) is 32.7 Å². The molecule has 1 unspecified atom stereocenters. The molecule has 1 N–H and O–H groups in total. The molecule has 16 heavy (non-hydrogen) atoms. The molecule has 0 amide bonds. The Bertz CT molecular complexity index is 369. The predicted octanol–water partition coefficient (Wildman–Crippen LogP) is 0.720. The third kappa shape index (κ3) is 2.84. The molecule has 0 aromatic heterocycles. The Kier molecular flexibility index (Phi) is 3.66. The van der Waals surface area contributed by atoms with Crippen molar-refractivity contribution in [3.63, 3.8) is 0 Å². The zero-order valence-electron chi connectivity index (χ0n) is 9.78. The van der Waals surface area contributed by atoms with Gasteiger partial charge < -0.3 is 5.32 Å². The van der Waals surface area contributed by atoms with Gasteiger partial charge in [0.25, 0.3) is 0 Å². The van der Waals surface area contributed by atoms with Crippen molar-refractivity contribution >= 4 is 10.0 Å². The maximum Gasteiger partial charge on any atom is 0.215 e. The monoisotopic (exact) mass is 244 g/mol. The Morgan fingerprint density at radius 1 is 1.56 bits per heavy atom. The lowest BCUT2D eigenvalue weighted by Crippen LogP contribution is -2.41. The largest absolute Gasteiger partial charge is 0.313 e. The summed E-state index contributed by atoms with van der Waals surface area (Å²) in [5.41, 5.74) is 1.16. The fourth-order valence-electron chi connectivity index (χ4n) is 2.37. The molecule has 0 aromatic carbocycles. The van der Waals surface area contributed by atoms with Gasteiger partial charge in [-0.25, -0.2) is 8.42 Å². The highest BCUT2D eigenvalue weighted by molar-refractivity contribution is 7.89. The van der Waals surface area contributed by atoms with Crippen LogP contribution in [0.3, 0.4) is 0 Å². The van der Waals surface area contributed by atoms with Crippen molar-refractivity contribution in [3.8, 4) is 0 Å². The van der Waals surface area contributed by atoms with Crippen molar-refractivity contribution < 1.29 is 8.42 Å². The molecule has 0 radical (unpaired) electrons. The number of nitrogens with one attached hydrogen (secondary N) is 1. The molecular weight excluding hydrogens is 224 g/mol. The molecule has 2 rings (SSSR count). The predicted molar refractivity (Wildman–Crippen MR) is 64.8 cm³/mol. The molecule has 1 saturated heterocycles. The van der Waals surface area contributed by atoms with E-state index in [9.17, 15) is 8.42 Å².